The molecule has 0 bridgehead atoms. The Kier molecular flexibility index (Phi) is 5.49. The van der Waals surface area contributed by atoms with Crippen molar-refractivity contribution >= 4 is 34.5 Å². The lowest BCUT2D eigenvalue weighted by molar-refractivity contribution is 0.0734. The van der Waals surface area contributed by atoms with Crippen LogP contribution in [-0.4, -0.2) is 14.9 Å². The van der Waals surface area contributed by atoms with Gasteiger partial charge in [0.2, 0.25) is 0 Å². The van der Waals surface area contributed by atoms with Crippen molar-refractivity contribution in [1.29, 1.82) is 0 Å². The molecule has 0 unspecified atom stereocenters. The molecule has 0 fully saturated rings. The number of para-hydroxylation sites is 1. The lowest BCUT2D eigenvalue weighted by Gasteiger charge is -2.13. The maximum absolute atomic E-state index is 14.8. The third-order valence-corrected chi connectivity index (χ3v) is 6.57. The summed E-state index contributed by atoms with van der Waals surface area (Å²) in [7, 11) is 0. The summed E-state index contributed by atoms with van der Waals surface area (Å²) >= 11 is 14.1. The van der Waals surface area contributed by atoms with Gasteiger partial charge in [-0.25, -0.2) is 9.07 Å². The Morgan fingerprint density at radius 2 is 1.70 bits per heavy atom. The molecule has 0 radical (unpaired) electrons. The zero-order valence-corrected chi connectivity index (χ0v) is 18.9. The van der Waals surface area contributed by atoms with Crippen LogP contribution in [0.1, 0.15) is 25.1 Å². The number of aryl methyl sites for hydroxylation is 1. The van der Waals surface area contributed by atoms with E-state index in [-0.39, 0.29) is 5.82 Å². The van der Waals surface area contributed by atoms with Gasteiger partial charge in [0.1, 0.15) is 11.4 Å². The second-order valence-corrected chi connectivity index (χ2v) is 9.45. The number of nitrogens with zero attached hydrogens (tertiary/aromatic N) is 2. The molecule has 0 spiro atoms. The molecule has 3 nitrogen and oxygen atoms in total. The third kappa shape index (κ3) is 3.79. The van der Waals surface area contributed by atoms with Crippen LogP contribution in [0.15, 0.2) is 54.6 Å². The number of halogens is 3. The molecule has 1 N–H and O–H groups in total. The minimum absolute atomic E-state index is 0.326. The van der Waals surface area contributed by atoms with Crippen LogP contribution >= 0.6 is 34.5 Å². The first kappa shape index (κ1) is 21.1. The van der Waals surface area contributed by atoms with Crippen LogP contribution in [0.25, 0.3) is 26.7 Å². The molecule has 0 saturated heterocycles. The lowest BCUT2D eigenvalue weighted by Crippen LogP contribution is -2.16. The van der Waals surface area contributed by atoms with Crippen molar-refractivity contribution < 1.29 is 9.50 Å². The third-order valence-electron chi connectivity index (χ3n) is 4.81. The molecule has 4 rings (SSSR count). The van der Waals surface area contributed by atoms with Crippen LogP contribution in [0.3, 0.4) is 0 Å². The summed E-state index contributed by atoms with van der Waals surface area (Å²) in [5.41, 5.74) is 1.74. The first-order chi connectivity index (χ1) is 14.2. The Morgan fingerprint density at radius 3 is 2.40 bits per heavy atom. The molecule has 7 heteroatoms. The molecule has 2 heterocycles. The van der Waals surface area contributed by atoms with Crippen molar-refractivity contribution in [3.05, 3.63) is 81.7 Å². The van der Waals surface area contributed by atoms with Crippen molar-refractivity contribution in [3.63, 3.8) is 0 Å². The van der Waals surface area contributed by atoms with E-state index < -0.39 is 5.60 Å². The molecular weight excluding hydrogens is 442 g/mol. The van der Waals surface area contributed by atoms with Gasteiger partial charge in [0.05, 0.1) is 32.0 Å². The van der Waals surface area contributed by atoms with Crippen molar-refractivity contribution in [2.24, 2.45) is 0 Å². The molecule has 0 aliphatic heterocycles. The molecule has 2 aromatic heterocycles. The Balaban J connectivity index is 1.89. The van der Waals surface area contributed by atoms with E-state index in [1.165, 1.54) is 11.3 Å². The Hall–Kier alpha value is -2.18. The molecule has 0 amide bonds. The summed E-state index contributed by atoms with van der Waals surface area (Å²) < 4.78 is 16.5. The van der Waals surface area contributed by atoms with Crippen molar-refractivity contribution in [3.8, 4) is 26.7 Å². The molecule has 0 aliphatic rings. The predicted octanol–water partition coefficient (Wildman–Crippen LogP) is 7.25. The Labute approximate surface area is 188 Å². The largest absolute Gasteiger partial charge is 0.384 e. The van der Waals surface area contributed by atoms with Crippen LogP contribution in [0.5, 0.6) is 0 Å². The normalized spacial score (nSPS) is 11.8. The number of rotatable bonds is 4. The summed E-state index contributed by atoms with van der Waals surface area (Å²) in [4.78, 5) is 1.57. The maximum atomic E-state index is 14.8. The fraction of sp³-hybridized carbons (Fsp3) is 0.174. The average molecular weight is 461 g/mol. The van der Waals surface area contributed by atoms with Gasteiger partial charge in [-0.1, -0.05) is 41.4 Å². The second kappa shape index (κ2) is 7.82. The Morgan fingerprint density at radius 1 is 1.00 bits per heavy atom. The van der Waals surface area contributed by atoms with Gasteiger partial charge in [-0.2, -0.15) is 5.10 Å². The van der Waals surface area contributed by atoms with E-state index in [4.69, 9.17) is 23.2 Å². The molecule has 2 aromatic carbocycles. The molecule has 30 heavy (non-hydrogen) atoms. The van der Waals surface area contributed by atoms with E-state index in [9.17, 15) is 9.50 Å². The van der Waals surface area contributed by atoms with E-state index in [0.29, 0.717) is 37.4 Å². The highest BCUT2D eigenvalue weighted by Gasteiger charge is 2.25. The van der Waals surface area contributed by atoms with Gasteiger partial charge in [0, 0.05) is 10.4 Å². The summed E-state index contributed by atoms with van der Waals surface area (Å²) in [6.07, 6.45) is 0. The van der Waals surface area contributed by atoms with Crippen LogP contribution in [-0.2, 0) is 5.60 Å². The smallest absolute Gasteiger partial charge is 0.136 e. The van der Waals surface area contributed by atoms with Crippen LogP contribution in [0.4, 0.5) is 4.39 Å². The zero-order valence-electron chi connectivity index (χ0n) is 16.6. The monoisotopic (exact) mass is 460 g/mol. The second-order valence-electron chi connectivity index (χ2n) is 7.55. The topological polar surface area (TPSA) is 38.1 Å². The molecule has 154 valence electrons. The molecular formula is C23H19Cl2FN2OS. The minimum atomic E-state index is -1.13. The van der Waals surface area contributed by atoms with E-state index >= 15 is 0 Å². The fourth-order valence-corrected chi connectivity index (χ4v) is 4.74. The van der Waals surface area contributed by atoms with Crippen molar-refractivity contribution in [2.45, 2.75) is 26.4 Å². The molecule has 4 aromatic rings. The lowest BCUT2D eigenvalue weighted by atomic mass is 10.1. The number of aliphatic hydroxyl groups is 1. The standard InChI is InChI=1S/C23H19Cl2FN2OS/c1-13-8-9-15(25)21(22(13)26)19-11-10-18(30-19)17-12-20(23(2,3)29)27-28(17)16-7-5-4-6-14(16)24/h4-12,29H,1-3H3. The molecule has 0 atom stereocenters. The minimum Gasteiger partial charge on any atom is -0.384 e. The number of aromatic nitrogens is 2. The molecule has 0 saturated carbocycles. The highest BCUT2D eigenvalue weighted by molar-refractivity contribution is 7.18. The SMILES string of the molecule is Cc1ccc(Cl)c(-c2ccc(-c3cc(C(C)(C)O)nn3-c3ccccc3Cl)s2)c1F. The summed E-state index contributed by atoms with van der Waals surface area (Å²) in [5, 5.41) is 16.0. The van der Waals surface area contributed by atoms with E-state index in [2.05, 4.69) is 5.10 Å². The average Bonchev–Trinajstić information content (AvgIpc) is 3.32. The van der Waals surface area contributed by atoms with Crippen LogP contribution in [0, 0.1) is 12.7 Å². The summed E-state index contributed by atoms with van der Waals surface area (Å²) in [6.45, 7) is 5.07. The Bertz CT molecular complexity index is 1240. The van der Waals surface area contributed by atoms with Gasteiger partial charge in [0.15, 0.2) is 0 Å². The van der Waals surface area contributed by atoms with Crippen molar-refractivity contribution in [1.82, 2.24) is 9.78 Å². The van der Waals surface area contributed by atoms with Gasteiger partial charge < -0.3 is 5.11 Å². The molecule has 0 aliphatic carbocycles. The number of hydrogen-bond donors (Lipinski definition) is 1. The quantitative estimate of drug-likeness (QED) is 0.348. The highest BCUT2D eigenvalue weighted by Crippen LogP contribution is 2.41. The first-order valence-corrected chi connectivity index (χ1v) is 10.9. The van der Waals surface area contributed by atoms with Crippen LogP contribution < -0.4 is 0 Å². The van der Waals surface area contributed by atoms with Gasteiger partial charge in [-0.15, -0.1) is 11.3 Å². The van der Waals surface area contributed by atoms with E-state index in [0.717, 1.165) is 10.6 Å². The van der Waals surface area contributed by atoms with Gasteiger partial charge >= 0.3 is 0 Å². The zero-order chi connectivity index (χ0) is 21.6. The predicted molar refractivity (Wildman–Crippen MR) is 122 cm³/mol. The number of hydrogen-bond acceptors (Lipinski definition) is 3. The highest BCUT2D eigenvalue weighted by atomic mass is 35.5. The summed E-state index contributed by atoms with van der Waals surface area (Å²) in [5.74, 6) is -0.326. The number of benzene rings is 2. The van der Waals surface area contributed by atoms with Gasteiger partial charge in [-0.3, -0.25) is 0 Å². The van der Waals surface area contributed by atoms with Gasteiger partial charge in [-0.05, 0) is 62.7 Å². The summed E-state index contributed by atoms with van der Waals surface area (Å²) in [6, 6.07) is 16.3. The van der Waals surface area contributed by atoms with Crippen LogP contribution in [0.2, 0.25) is 10.0 Å². The number of thiophene rings is 1. The maximum Gasteiger partial charge on any atom is 0.136 e. The first-order valence-electron chi connectivity index (χ1n) is 9.30. The van der Waals surface area contributed by atoms with Gasteiger partial charge in [0.25, 0.3) is 0 Å². The van der Waals surface area contributed by atoms with E-state index in [1.54, 1.807) is 43.7 Å². The van der Waals surface area contributed by atoms with Crippen molar-refractivity contribution in [2.75, 3.05) is 0 Å². The fourth-order valence-electron chi connectivity index (χ4n) is 3.16. The van der Waals surface area contributed by atoms with E-state index in [1.807, 2.05) is 36.4 Å².